The van der Waals surface area contributed by atoms with Crippen LogP contribution < -0.4 is 10.1 Å². The van der Waals surface area contributed by atoms with Crippen molar-refractivity contribution in [3.05, 3.63) is 71.8 Å². The fourth-order valence-corrected chi connectivity index (χ4v) is 3.94. The van der Waals surface area contributed by atoms with Gasteiger partial charge in [-0.05, 0) is 43.7 Å². The van der Waals surface area contributed by atoms with Gasteiger partial charge in [0, 0.05) is 4.88 Å². The van der Waals surface area contributed by atoms with Gasteiger partial charge in [-0.25, -0.2) is 9.59 Å². The van der Waals surface area contributed by atoms with Crippen LogP contribution in [0.15, 0.2) is 60.7 Å². The standard InChI is InChI=1S/C24H21F2NO6S/c1-3-31-23(30)18-13-19(15-8-5-4-6-9-15)34-21(18)27-20(28)14(2)32-22(29)16-10-7-11-17(12-16)33-24(25)26/h4-14,24H,3H2,1-2H3,(H,27,28)/t14-/m0/s1. The molecule has 0 unspecified atom stereocenters. The molecule has 3 rings (SSSR count). The smallest absolute Gasteiger partial charge is 0.387 e. The lowest BCUT2D eigenvalue weighted by Gasteiger charge is -2.14. The summed E-state index contributed by atoms with van der Waals surface area (Å²) in [4.78, 5) is 38.2. The maximum Gasteiger partial charge on any atom is 0.387 e. The molecule has 0 saturated heterocycles. The first-order valence-corrected chi connectivity index (χ1v) is 11.0. The molecular formula is C24H21F2NO6S. The lowest BCUT2D eigenvalue weighted by Crippen LogP contribution is -2.30. The molecule has 0 aliphatic carbocycles. The van der Waals surface area contributed by atoms with Crippen LogP contribution in [0.2, 0.25) is 0 Å². The van der Waals surface area contributed by atoms with Crippen molar-refractivity contribution in [3.63, 3.8) is 0 Å². The van der Waals surface area contributed by atoms with E-state index in [1.807, 2.05) is 30.3 Å². The number of carbonyl (C=O) groups excluding carboxylic acids is 3. The molecule has 1 aromatic heterocycles. The Hall–Kier alpha value is -3.79. The molecule has 0 saturated carbocycles. The Morgan fingerprint density at radius 1 is 1.00 bits per heavy atom. The minimum absolute atomic E-state index is 0.0625. The highest BCUT2D eigenvalue weighted by atomic mass is 32.1. The number of thiophene rings is 1. The Kier molecular flexibility index (Phi) is 8.31. The molecule has 3 aromatic rings. The number of nitrogens with one attached hydrogen (secondary N) is 1. The van der Waals surface area contributed by atoms with Crippen LogP contribution in [0.5, 0.6) is 5.75 Å². The van der Waals surface area contributed by atoms with Gasteiger partial charge in [0.25, 0.3) is 5.91 Å². The van der Waals surface area contributed by atoms with Gasteiger partial charge in [0.2, 0.25) is 0 Å². The number of hydrogen-bond acceptors (Lipinski definition) is 7. The van der Waals surface area contributed by atoms with Crippen LogP contribution >= 0.6 is 11.3 Å². The van der Waals surface area contributed by atoms with E-state index in [0.29, 0.717) is 0 Å². The molecule has 1 atom stereocenters. The molecule has 0 radical (unpaired) electrons. The molecule has 2 aromatic carbocycles. The highest BCUT2D eigenvalue weighted by Crippen LogP contribution is 2.36. The quantitative estimate of drug-likeness (QED) is 0.406. The monoisotopic (exact) mass is 489 g/mol. The van der Waals surface area contributed by atoms with Crippen LogP contribution in [0.1, 0.15) is 34.6 Å². The van der Waals surface area contributed by atoms with Gasteiger partial charge in [-0.15, -0.1) is 11.3 Å². The van der Waals surface area contributed by atoms with Gasteiger partial charge in [-0.1, -0.05) is 36.4 Å². The number of rotatable bonds is 9. The molecule has 0 fully saturated rings. The van der Waals surface area contributed by atoms with Gasteiger partial charge < -0.3 is 19.5 Å². The summed E-state index contributed by atoms with van der Waals surface area (Å²) in [5.74, 6) is -2.39. The van der Waals surface area contributed by atoms with E-state index in [-0.39, 0.29) is 28.5 Å². The van der Waals surface area contributed by atoms with Gasteiger partial charge in [0.1, 0.15) is 10.8 Å². The zero-order valence-electron chi connectivity index (χ0n) is 18.2. The summed E-state index contributed by atoms with van der Waals surface area (Å²) >= 11 is 1.17. The summed E-state index contributed by atoms with van der Waals surface area (Å²) in [5.41, 5.74) is 0.964. The Balaban J connectivity index is 1.74. The summed E-state index contributed by atoms with van der Waals surface area (Å²) < 4.78 is 39.3. The summed E-state index contributed by atoms with van der Waals surface area (Å²) in [5, 5.41) is 2.86. The first-order chi connectivity index (χ1) is 16.3. The molecule has 1 heterocycles. The van der Waals surface area contributed by atoms with Crippen molar-refractivity contribution >= 4 is 34.2 Å². The van der Waals surface area contributed by atoms with Crippen LogP contribution in [0.25, 0.3) is 10.4 Å². The summed E-state index contributed by atoms with van der Waals surface area (Å²) in [6.07, 6.45) is -1.25. The van der Waals surface area contributed by atoms with E-state index in [4.69, 9.17) is 9.47 Å². The van der Waals surface area contributed by atoms with Crippen LogP contribution in [0.4, 0.5) is 13.8 Å². The number of ether oxygens (including phenoxy) is 3. The minimum Gasteiger partial charge on any atom is -0.462 e. The lowest BCUT2D eigenvalue weighted by atomic mass is 10.1. The zero-order chi connectivity index (χ0) is 24.7. The molecule has 7 nitrogen and oxygen atoms in total. The van der Waals surface area contributed by atoms with E-state index in [1.165, 1.54) is 36.5 Å². The zero-order valence-corrected chi connectivity index (χ0v) is 19.1. The third-order valence-corrected chi connectivity index (χ3v) is 5.57. The fourth-order valence-electron chi connectivity index (χ4n) is 2.88. The molecule has 0 bridgehead atoms. The predicted molar refractivity (Wildman–Crippen MR) is 122 cm³/mol. The average molecular weight is 489 g/mol. The normalized spacial score (nSPS) is 11.6. The van der Waals surface area contributed by atoms with E-state index in [9.17, 15) is 23.2 Å². The second kappa shape index (κ2) is 11.4. The van der Waals surface area contributed by atoms with E-state index in [0.717, 1.165) is 16.5 Å². The maximum atomic E-state index is 12.7. The molecule has 1 amide bonds. The summed E-state index contributed by atoms with van der Waals surface area (Å²) in [7, 11) is 0. The Bertz CT molecular complexity index is 1170. The molecular weight excluding hydrogens is 468 g/mol. The third kappa shape index (κ3) is 6.38. The topological polar surface area (TPSA) is 90.9 Å². The molecule has 0 aliphatic rings. The van der Waals surface area contributed by atoms with E-state index in [1.54, 1.807) is 13.0 Å². The van der Waals surface area contributed by atoms with E-state index < -0.39 is 30.6 Å². The molecule has 178 valence electrons. The molecule has 0 spiro atoms. The van der Waals surface area contributed by atoms with Crippen LogP contribution in [0.3, 0.4) is 0 Å². The fraction of sp³-hybridized carbons (Fsp3) is 0.208. The number of amides is 1. The van der Waals surface area contributed by atoms with Gasteiger partial charge in [-0.2, -0.15) is 8.78 Å². The number of alkyl halides is 2. The third-order valence-electron chi connectivity index (χ3n) is 4.47. The van der Waals surface area contributed by atoms with E-state index >= 15 is 0 Å². The summed E-state index contributed by atoms with van der Waals surface area (Å²) in [6.45, 7) is 0.132. The number of carbonyl (C=O) groups is 3. The molecule has 0 aliphatic heterocycles. The highest BCUT2D eigenvalue weighted by Gasteiger charge is 2.24. The molecule has 1 N–H and O–H groups in total. The Morgan fingerprint density at radius 3 is 2.41 bits per heavy atom. The van der Waals surface area contributed by atoms with Crippen molar-refractivity contribution < 1.29 is 37.4 Å². The average Bonchev–Trinajstić information content (AvgIpc) is 3.23. The minimum atomic E-state index is -3.05. The SMILES string of the molecule is CCOC(=O)c1cc(-c2ccccc2)sc1NC(=O)[C@H](C)OC(=O)c1cccc(OC(F)F)c1. The van der Waals surface area contributed by atoms with Gasteiger partial charge in [0.05, 0.1) is 17.7 Å². The largest absolute Gasteiger partial charge is 0.462 e. The van der Waals surface area contributed by atoms with Crippen molar-refractivity contribution in [2.24, 2.45) is 0 Å². The van der Waals surface area contributed by atoms with Gasteiger partial charge >= 0.3 is 18.6 Å². The first kappa shape index (κ1) is 24.8. The predicted octanol–water partition coefficient (Wildman–Crippen LogP) is 5.38. The van der Waals surface area contributed by atoms with Crippen molar-refractivity contribution in [1.82, 2.24) is 0 Å². The van der Waals surface area contributed by atoms with Crippen LogP contribution in [-0.4, -0.2) is 37.2 Å². The lowest BCUT2D eigenvalue weighted by molar-refractivity contribution is -0.123. The highest BCUT2D eigenvalue weighted by molar-refractivity contribution is 7.20. The number of halogens is 2. The summed E-state index contributed by atoms with van der Waals surface area (Å²) in [6, 6.07) is 15.9. The maximum absolute atomic E-state index is 12.7. The van der Waals surface area contributed by atoms with Crippen molar-refractivity contribution in [3.8, 4) is 16.2 Å². The van der Waals surface area contributed by atoms with Crippen LogP contribution in [-0.2, 0) is 14.3 Å². The Morgan fingerprint density at radius 2 is 1.74 bits per heavy atom. The van der Waals surface area contributed by atoms with Crippen molar-refractivity contribution in [2.75, 3.05) is 11.9 Å². The van der Waals surface area contributed by atoms with Gasteiger partial charge in [0.15, 0.2) is 6.10 Å². The van der Waals surface area contributed by atoms with Crippen LogP contribution in [0, 0.1) is 0 Å². The van der Waals surface area contributed by atoms with Crippen molar-refractivity contribution in [1.29, 1.82) is 0 Å². The Labute approximate surface area is 198 Å². The first-order valence-electron chi connectivity index (χ1n) is 10.2. The number of anilines is 1. The second-order valence-corrected chi connectivity index (χ2v) is 7.94. The second-order valence-electron chi connectivity index (χ2n) is 6.88. The molecule has 34 heavy (non-hydrogen) atoms. The molecule has 10 heteroatoms. The van der Waals surface area contributed by atoms with Crippen molar-refractivity contribution in [2.45, 2.75) is 26.6 Å². The number of benzene rings is 2. The number of esters is 2. The van der Waals surface area contributed by atoms with Gasteiger partial charge in [-0.3, -0.25) is 4.79 Å². The van der Waals surface area contributed by atoms with E-state index in [2.05, 4.69) is 10.1 Å². The number of hydrogen-bond donors (Lipinski definition) is 1.